The van der Waals surface area contributed by atoms with Crippen LogP contribution in [-0.4, -0.2) is 15.5 Å². The van der Waals surface area contributed by atoms with E-state index in [9.17, 15) is 8.42 Å². The van der Waals surface area contributed by atoms with Crippen molar-refractivity contribution in [1.82, 2.24) is 0 Å². The van der Waals surface area contributed by atoms with Crippen molar-refractivity contribution >= 4 is 49.3 Å². The van der Waals surface area contributed by atoms with Crippen molar-refractivity contribution in [2.24, 2.45) is 0 Å². The van der Waals surface area contributed by atoms with Crippen molar-refractivity contribution in [3.63, 3.8) is 0 Å². The highest BCUT2D eigenvalue weighted by molar-refractivity contribution is 7.92. The number of hydrogen-bond donors (Lipinski definition) is 1. The summed E-state index contributed by atoms with van der Waals surface area (Å²) < 4.78 is 39.1. The van der Waals surface area contributed by atoms with Gasteiger partial charge in [0.1, 0.15) is 16.9 Å². The first-order valence-electron chi connectivity index (χ1n) is 7.75. The maximum atomic E-state index is 12.6. The molecule has 1 aromatic heterocycles. The summed E-state index contributed by atoms with van der Waals surface area (Å²) in [6.07, 6.45) is 0. The van der Waals surface area contributed by atoms with Gasteiger partial charge in [0, 0.05) is 21.9 Å². The molecule has 0 saturated carbocycles. The molecule has 0 bridgehead atoms. The number of anilines is 1. The Bertz CT molecular complexity index is 1210. The molecule has 0 unspecified atom stereocenters. The van der Waals surface area contributed by atoms with Crippen LogP contribution in [0.2, 0.25) is 5.02 Å². The molecule has 0 atom stereocenters. The Morgan fingerprint density at radius 1 is 0.962 bits per heavy atom. The molecule has 0 aliphatic carbocycles. The molecule has 132 valence electrons. The first-order valence-corrected chi connectivity index (χ1v) is 9.62. The van der Waals surface area contributed by atoms with E-state index in [1.807, 2.05) is 24.3 Å². The van der Waals surface area contributed by atoms with Crippen LogP contribution in [-0.2, 0) is 10.0 Å². The Labute approximate surface area is 155 Å². The zero-order valence-electron chi connectivity index (χ0n) is 13.7. The topological polar surface area (TPSA) is 68.5 Å². The predicted molar refractivity (Wildman–Crippen MR) is 103 cm³/mol. The molecule has 5 nitrogen and oxygen atoms in total. The number of halogens is 1. The Kier molecular flexibility index (Phi) is 4.01. The Hall–Kier alpha value is -2.70. The second-order valence-electron chi connectivity index (χ2n) is 5.71. The van der Waals surface area contributed by atoms with Gasteiger partial charge >= 0.3 is 0 Å². The molecule has 3 aromatic carbocycles. The third kappa shape index (κ3) is 2.87. The van der Waals surface area contributed by atoms with E-state index in [4.69, 9.17) is 20.8 Å². The molecule has 4 aromatic rings. The Morgan fingerprint density at radius 2 is 1.69 bits per heavy atom. The molecule has 0 aliphatic rings. The normalized spacial score (nSPS) is 11.8. The number of furan rings is 1. The van der Waals surface area contributed by atoms with Gasteiger partial charge in [0.2, 0.25) is 0 Å². The average Bonchev–Trinajstić information content (AvgIpc) is 2.98. The quantitative estimate of drug-likeness (QED) is 0.532. The van der Waals surface area contributed by atoms with Crippen molar-refractivity contribution in [2.75, 3.05) is 11.8 Å². The van der Waals surface area contributed by atoms with Gasteiger partial charge < -0.3 is 9.15 Å². The number of methoxy groups -OCH3 is 1. The van der Waals surface area contributed by atoms with Crippen molar-refractivity contribution in [3.8, 4) is 5.75 Å². The van der Waals surface area contributed by atoms with Gasteiger partial charge in [-0.2, -0.15) is 0 Å². The molecule has 4 rings (SSSR count). The van der Waals surface area contributed by atoms with Crippen LogP contribution in [0.1, 0.15) is 0 Å². The molecule has 26 heavy (non-hydrogen) atoms. The molecule has 0 spiro atoms. The largest absolute Gasteiger partial charge is 0.495 e. The number of para-hydroxylation sites is 1. The highest BCUT2D eigenvalue weighted by Gasteiger charge is 2.19. The van der Waals surface area contributed by atoms with Crippen LogP contribution in [0.5, 0.6) is 5.75 Å². The lowest BCUT2D eigenvalue weighted by atomic mass is 10.1. The monoisotopic (exact) mass is 387 g/mol. The number of nitrogens with one attached hydrogen (secondary N) is 1. The van der Waals surface area contributed by atoms with Gasteiger partial charge in [0.25, 0.3) is 10.0 Å². The van der Waals surface area contributed by atoms with Gasteiger partial charge in [-0.25, -0.2) is 8.42 Å². The molecule has 0 amide bonds. The van der Waals surface area contributed by atoms with E-state index >= 15 is 0 Å². The summed E-state index contributed by atoms with van der Waals surface area (Å²) in [5, 5.41) is 2.25. The fourth-order valence-corrected chi connectivity index (χ4v) is 4.00. The number of fused-ring (bicyclic) bond motifs is 3. The van der Waals surface area contributed by atoms with E-state index < -0.39 is 10.0 Å². The van der Waals surface area contributed by atoms with E-state index in [0.717, 1.165) is 16.4 Å². The highest BCUT2D eigenvalue weighted by atomic mass is 35.5. The minimum atomic E-state index is -3.79. The van der Waals surface area contributed by atoms with Crippen LogP contribution in [0.4, 0.5) is 5.69 Å². The minimum Gasteiger partial charge on any atom is -0.495 e. The van der Waals surface area contributed by atoms with E-state index in [1.165, 1.54) is 31.4 Å². The van der Waals surface area contributed by atoms with Crippen LogP contribution in [0.25, 0.3) is 21.9 Å². The third-order valence-corrected chi connectivity index (χ3v) is 5.70. The van der Waals surface area contributed by atoms with E-state index in [1.54, 1.807) is 12.1 Å². The summed E-state index contributed by atoms with van der Waals surface area (Å²) in [7, 11) is -2.30. The SMILES string of the molecule is COc1cc2c(cc1NS(=O)(=O)c1ccc(Cl)cc1)oc1ccccc12. The highest BCUT2D eigenvalue weighted by Crippen LogP contribution is 2.37. The van der Waals surface area contributed by atoms with Crippen molar-refractivity contribution in [3.05, 3.63) is 65.7 Å². The number of sulfonamides is 1. The zero-order chi connectivity index (χ0) is 18.3. The van der Waals surface area contributed by atoms with Gasteiger partial charge in [0.15, 0.2) is 0 Å². The molecule has 0 radical (unpaired) electrons. The molecule has 0 aliphatic heterocycles. The Balaban J connectivity index is 1.82. The van der Waals surface area contributed by atoms with Crippen molar-refractivity contribution < 1.29 is 17.6 Å². The lowest BCUT2D eigenvalue weighted by Gasteiger charge is -2.12. The molecular formula is C19H14ClNO4S. The summed E-state index contributed by atoms with van der Waals surface area (Å²) in [5.74, 6) is 0.404. The van der Waals surface area contributed by atoms with Crippen LogP contribution >= 0.6 is 11.6 Å². The second-order valence-corrected chi connectivity index (χ2v) is 7.83. The molecule has 0 saturated heterocycles. The van der Waals surface area contributed by atoms with Crippen LogP contribution in [0.15, 0.2) is 70.0 Å². The smallest absolute Gasteiger partial charge is 0.262 e. The third-order valence-electron chi connectivity index (χ3n) is 4.07. The first kappa shape index (κ1) is 16.8. The number of benzene rings is 3. The average molecular weight is 388 g/mol. The van der Waals surface area contributed by atoms with Gasteiger partial charge in [-0.05, 0) is 36.4 Å². The van der Waals surface area contributed by atoms with Crippen molar-refractivity contribution in [2.45, 2.75) is 4.90 Å². The minimum absolute atomic E-state index is 0.105. The van der Waals surface area contributed by atoms with E-state index in [-0.39, 0.29) is 4.90 Å². The summed E-state index contributed by atoms with van der Waals surface area (Å²) in [6, 6.07) is 16.9. The predicted octanol–water partition coefficient (Wildman–Crippen LogP) is 5.05. The van der Waals surface area contributed by atoms with Gasteiger partial charge in [0.05, 0.1) is 17.7 Å². The van der Waals surface area contributed by atoms with E-state index in [2.05, 4.69) is 4.72 Å². The summed E-state index contributed by atoms with van der Waals surface area (Å²) in [6.45, 7) is 0. The van der Waals surface area contributed by atoms with Crippen LogP contribution in [0, 0.1) is 0 Å². The zero-order valence-corrected chi connectivity index (χ0v) is 15.3. The fourth-order valence-electron chi connectivity index (χ4n) is 2.82. The molecule has 0 fully saturated rings. The first-order chi connectivity index (χ1) is 12.5. The number of hydrogen-bond acceptors (Lipinski definition) is 4. The standard InChI is InChI=1S/C19H14ClNO4S/c1-24-19-10-15-14-4-2-3-5-17(14)25-18(15)11-16(19)21-26(22,23)13-8-6-12(20)7-9-13/h2-11,21H,1H3. The van der Waals surface area contributed by atoms with Crippen LogP contribution < -0.4 is 9.46 Å². The molecular weight excluding hydrogens is 374 g/mol. The molecule has 7 heteroatoms. The Morgan fingerprint density at radius 3 is 2.42 bits per heavy atom. The lowest BCUT2D eigenvalue weighted by molar-refractivity contribution is 0.417. The van der Waals surface area contributed by atoms with E-state index in [0.29, 0.717) is 22.0 Å². The lowest BCUT2D eigenvalue weighted by Crippen LogP contribution is -2.13. The summed E-state index contributed by atoms with van der Waals surface area (Å²) in [4.78, 5) is 0.105. The maximum absolute atomic E-state index is 12.6. The summed E-state index contributed by atoms with van der Waals surface area (Å²) in [5.41, 5.74) is 1.59. The van der Waals surface area contributed by atoms with Crippen molar-refractivity contribution in [1.29, 1.82) is 0 Å². The molecule has 1 N–H and O–H groups in total. The summed E-state index contributed by atoms with van der Waals surface area (Å²) >= 11 is 5.83. The van der Waals surface area contributed by atoms with Gasteiger partial charge in [-0.15, -0.1) is 0 Å². The van der Waals surface area contributed by atoms with Gasteiger partial charge in [-0.3, -0.25) is 4.72 Å². The van der Waals surface area contributed by atoms with Crippen LogP contribution in [0.3, 0.4) is 0 Å². The maximum Gasteiger partial charge on any atom is 0.262 e. The number of ether oxygens (including phenoxy) is 1. The fraction of sp³-hybridized carbons (Fsp3) is 0.0526. The van der Waals surface area contributed by atoms with Gasteiger partial charge in [-0.1, -0.05) is 29.8 Å². The number of rotatable bonds is 4. The second kappa shape index (κ2) is 6.23. The molecule has 1 heterocycles.